The minimum Gasteiger partial charge on any atom is -0.384 e. The van der Waals surface area contributed by atoms with Crippen molar-refractivity contribution < 1.29 is 4.92 Å². The van der Waals surface area contributed by atoms with Crippen molar-refractivity contribution in [3.63, 3.8) is 0 Å². The van der Waals surface area contributed by atoms with Crippen LogP contribution < -0.4 is 5.73 Å². The molecule has 0 unspecified atom stereocenters. The number of nitrogens with zero attached hydrogens (tertiary/aromatic N) is 3. The van der Waals surface area contributed by atoms with E-state index in [4.69, 9.17) is 5.73 Å². The summed E-state index contributed by atoms with van der Waals surface area (Å²) in [6.07, 6.45) is 0. The molecule has 3 aromatic rings. The van der Waals surface area contributed by atoms with Gasteiger partial charge in [0.2, 0.25) is 0 Å². The van der Waals surface area contributed by atoms with Crippen LogP contribution in [0.3, 0.4) is 0 Å². The van der Waals surface area contributed by atoms with Gasteiger partial charge >= 0.3 is 0 Å². The smallest absolute Gasteiger partial charge is 0.270 e. The molecule has 21 heavy (non-hydrogen) atoms. The number of nitrogen functional groups attached to an aromatic ring is 1. The second-order valence-corrected chi connectivity index (χ2v) is 4.51. The van der Waals surface area contributed by atoms with E-state index in [1.165, 1.54) is 12.1 Å². The first-order valence-electron chi connectivity index (χ1n) is 6.31. The lowest BCUT2D eigenvalue weighted by molar-refractivity contribution is -0.384. The van der Waals surface area contributed by atoms with E-state index in [2.05, 4.69) is 5.10 Å². The highest BCUT2D eigenvalue weighted by Gasteiger charge is 2.12. The largest absolute Gasteiger partial charge is 0.384 e. The molecule has 0 bridgehead atoms. The van der Waals surface area contributed by atoms with Crippen molar-refractivity contribution in [3.8, 4) is 16.9 Å². The fourth-order valence-corrected chi connectivity index (χ4v) is 2.09. The third-order valence-electron chi connectivity index (χ3n) is 3.09. The number of anilines is 1. The van der Waals surface area contributed by atoms with Crippen LogP contribution in [0.15, 0.2) is 60.7 Å². The fraction of sp³-hybridized carbons (Fsp3) is 0. The van der Waals surface area contributed by atoms with Crippen LogP contribution in [0, 0.1) is 10.1 Å². The average molecular weight is 280 g/mol. The molecular weight excluding hydrogens is 268 g/mol. The Balaban J connectivity index is 2.05. The number of nitro groups is 1. The Hall–Kier alpha value is -3.15. The van der Waals surface area contributed by atoms with Gasteiger partial charge in [0.1, 0.15) is 5.82 Å². The Bertz CT molecular complexity index is 796. The van der Waals surface area contributed by atoms with Crippen LogP contribution in [0.5, 0.6) is 0 Å². The first-order valence-corrected chi connectivity index (χ1v) is 6.31. The summed E-state index contributed by atoms with van der Waals surface area (Å²) in [5.41, 5.74) is 8.10. The molecule has 0 saturated heterocycles. The highest BCUT2D eigenvalue weighted by atomic mass is 16.6. The lowest BCUT2D eigenvalue weighted by Crippen LogP contribution is -2.01. The minimum absolute atomic E-state index is 0.0281. The summed E-state index contributed by atoms with van der Waals surface area (Å²) in [4.78, 5) is 10.4. The van der Waals surface area contributed by atoms with Gasteiger partial charge in [-0.05, 0) is 12.1 Å². The summed E-state index contributed by atoms with van der Waals surface area (Å²) >= 11 is 0. The molecule has 0 spiro atoms. The predicted octanol–water partition coefficient (Wildman–Crippen LogP) is 3.03. The normalized spacial score (nSPS) is 10.5. The number of nitrogens with two attached hydrogens (primary N) is 1. The van der Waals surface area contributed by atoms with Crippen LogP contribution in [0.4, 0.5) is 11.5 Å². The highest BCUT2D eigenvalue weighted by Crippen LogP contribution is 2.25. The van der Waals surface area contributed by atoms with E-state index in [1.807, 2.05) is 30.3 Å². The van der Waals surface area contributed by atoms with Crippen LogP contribution in [0.2, 0.25) is 0 Å². The summed E-state index contributed by atoms with van der Waals surface area (Å²) < 4.78 is 1.61. The van der Waals surface area contributed by atoms with Gasteiger partial charge in [0, 0.05) is 23.8 Å². The van der Waals surface area contributed by atoms with Gasteiger partial charge in [0.05, 0.1) is 16.3 Å². The maximum atomic E-state index is 10.8. The lowest BCUT2D eigenvalue weighted by atomic mass is 10.1. The quantitative estimate of drug-likeness (QED) is 0.590. The second-order valence-electron chi connectivity index (χ2n) is 4.51. The van der Waals surface area contributed by atoms with Crippen molar-refractivity contribution in [2.45, 2.75) is 0 Å². The van der Waals surface area contributed by atoms with Crippen molar-refractivity contribution in [1.29, 1.82) is 0 Å². The van der Waals surface area contributed by atoms with Crippen LogP contribution >= 0.6 is 0 Å². The van der Waals surface area contributed by atoms with E-state index >= 15 is 0 Å². The minimum atomic E-state index is -0.430. The van der Waals surface area contributed by atoms with E-state index in [0.717, 1.165) is 5.69 Å². The molecule has 0 aliphatic carbocycles. The third kappa shape index (κ3) is 2.46. The number of para-hydroxylation sites is 1. The predicted molar refractivity (Wildman–Crippen MR) is 80.1 cm³/mol. The zero-order valence-electron chi connectivity index (χ0n) is 11.0. The SMILES string of the molecule is Nc1cc(-c2cccc([N+](=O)[O-])c2)nn1-c1ccccc1. The first kappa shape index (κ1) is 12.9. The van der Waals surface area contributed by atoms with Gasteiger partial charge in [-0.25, -0.2) is 4.68 Å². The van der Waals surface area contributed by atoms with Crippen LogP contribution in [0.25, 0.3) is 16.9 Å². The topological polar surface area (TPSA) is 87.0 Å². The zero-order valence-corrected chi connectivity index (χ0v) is 11.0. The summed E-state index contributed by atoms with van der Waals surface area (Å²) in [6.45, 7) is 0. The number of benzene rings is 2. The standard InChI is InChI=1S/C15H12N4O2/c16-15-10-14(11-5-4-8-13(9-11)19(20)21)17-18(15)12-6-2-1-3-7-12/h1-10H,16H2. The Labute approximate surface area is 120 Å². The van der Waals surface area contributed by atoms with Crippen molar-refractivity contribution in [2.75, 3.05) is 5.73 Å². The maximum Gasteiger partial charge on any atom is 0.270 e. The molecule has 3 rings (SSSR count). The van der Waals surface area contributed by atoms with Crippen molar-refractivity contribution in [2.24, 2.45) is 0 Å². The van der Waals surface area contributed by atoms with E-state index in [9.17, 15) is 10.1 Å². The van der Waals surface area contributed by atoms with Gasteiger partial charge in [-0.2, -0.15) is 5.10 Å². The summed E-state index contributed by atoms with van der Waals surface area (Å²) in [5, 5.41) is 15.3. The van der Waals surface area contributed by atoms with Crippen LogP contribution in [0.1, 0.15) is 0 Å². The molecule has 104 valence electrons. The van der Waals surface area contributed by atoms with Gasteiger partial charge < -0.3 is 5.73 Å². The maximum absolute atomic E-state index is 10.8. The third-order valence-corrected chi connectivity index (χ3v) is 3.09. The van der Waals surface area contributed by atoms with Gasteiger partial charge in [-0.15, -0.1) is 0 Å². The van der Waals surface area contributed by atoms with Crippen LogP contribution in [-0.2, 0) is 0 Å². The Morgan fingerprint density at radius 3 is 2.52 bits per heavy atom. The Morgan fingerprint density at radius 2 is 1.81 bits per heavy atom. The number of rotatable bonds is 3. The van der Waals surface area contributed by atoms with Gasteiger partial charge in [-0.1, -0.05) is 30.3 Å². The molecule has 2 aromatic carbocycles. The number of hydrogen-bond acceptors (Lipinski definition) is 4. The van der Waals surface area contributed by atoms with E-state index in [1.54, 1.807) is 22.9 Å². The number of aromatic nitrogens is 2. The molecular formula is C15H12N4O2. The molecule has 0 amide bonds. The zero-order chi connectivity index (χ0) is 14.8. The second kappa shape index (κ2) is 5.09. The Kier molecular flexibility index (Phi) is 3.12. The molecule has 0 aliphatic rings. The molecule has 0 saturated carbocycles. The van der Waals surface area contributed by atoms with Gasteiger partial charge in [-0.3, -0.25) is 10.1 Å². The molecule has 2 N–H and O–H groups in total. The lowest BCUT2D eigenvalue weighted by Gasteiger charge is -2.02. The van der Waals surface area contributed by atoms with Crippen molar-refractivity contribution >= 4 is 11.5 Å². The van der Waals surface area contributed by atoms with E-state index in [0.29, 0.717) is 17.1 Å². The van der Waals surface area contributed by atoms with Gasteiger partial charge in [0.15, 0.2) is 0 Å². The summed E-state index contributed by atoms with van der Waals surface area (Å²) in [5.74, 6) is 0.475. The number of non-ortho nitro benzene ring substituents is 1. The fourth-order valence-electron chi connectivity index (χ4n) is 2.09. The Morgan fingerprint density at radius 1 is 1.05 bits per heavy atom. The molecule has 0 radical (unpaired) electrons. The molecule has 1 aromatic heterocycles. The number of hydrogen-bond donors (Lipinski definition) is 1. The van der Waals surface area contributed by atoms with Crippen molar-refractivity contribution in [1.82, 2.24) is 9.78 Å². The molecule has 1 heterocycles. The summed E-state index contributed by atoms with van der Waals surface area (Å²) in [7, 11) is 0. The first-order chi connectivity index (χ1) is 10.1. The monoisotopic (exact) mass is 280 g/mol. The highest BCUT2D eigenvalue weighted by molar-refractivity contribution is 5.66. The molecule has 0 fully saturated rings. The molecule has 0 aliphatic heterocycles. The molecule has 0 atom stereocenters. The average Bonchev–Trinajstić information content (AvgIpc) is 2.90. The van der Waals surface area contributed by atoms with Crippen molar-refractivity contribution in [3.05, 3.63) is 70.8 Å². The number of nitro benzene ring substituents is 1. The summed E-state index contributed by atoms with van der Waals surface area (Å²) in [6, 6.07) is 17.5. The van der Waals surface area contributed by atoms with E-state index < -0.39 is 4.92 Å². The molecule has 6 heteroatoms. The van der Waals surface area contributed by atoms with Crippen LogP contribution in [-0.4, -0.2) is 14.7 Å². The van der Waals surface area contributed by atoms with Gasteiger partial charge in [0.25, 0.3) is 5.69 Å². The molecule has 6 nitrogen and oxygen atoms in total. The van der Waals surface area contributed by atoms with E-state index in [-0.39, 0.29) is 5.69 Å².